The lowest BCUT2D eigenvalue weighted by Crippen LogP contribution is -2.38. The molecule has 2 aromatic heterocycles. The SMILES string of the molecule is COCCOCc1nc(C2CCN(C(=O)c3cccnc3)CC2)no1. The molecule has 0 bridgehead atoms. The van der Waals surface area contributed by atoms with Crippen molar-refractivity contribution in [2.45, 2.75) is 25.4 Å². The molecule has 134 valence electrons. The fourth-order valence-electron chi connectivity index (χ4n) is 2.81. The van der Waals surface area contributed by atoms with Crippen LogP contribution >= 0.6 is 0 Å². The minimum Gasteiger partial charge on any atom is -0.382 e. The summed E-state index contributed by atoms with van der Waals surface area (Å²) in [6.07, 6.45) is 4.89. The van der Waals surface area contributed by atoms with Crippen LogP contribution in [0.25, 0.3) is 0 Å². The van der Waals surface area contributed by atoms with Gasteiger partial charge in [0.1, 0.15) is 6.61 Å². The van der Waals surface area contributed by atoms with Gasteiger partial charge in [0.15, 0.2) is 5.82 Å². The maximum absolute atomic E-state index is 12.4. The van der Waals surface area contributed by atoms with Crippen molar-refractivity contribution in [1.82, 2.24) is 20.0 Å². The van der Waals surface area contributed by atoms with Crippen LogP contribution in [-0.4, -0.2) is 59.3 Å². The van der Waals surface area contributed by atoms with E-state index in [1.54, 1.807) is 31.6 Å². The fourth-order valence-corrected chi connectivity index (χ4v) is 2.81. The van der Waals surface area contributed by atoms with Crippen molar-refractivity contribution in [2.24, 2.45) is 0 Å². The minimum atomic E-state index is 0.0203. The average Bonchev–Trinajstić information content (AvgIpc) is 3.14. The Morgan fingerprint density at radius 3 is 2.92 bits per heavy atom. The van der Waals surface area contributed by atoms with Crippen LogP contribution in [0.1, 0.15) is 40.8 Å². The van der Waals surface area contributed by atoms with Gasteiger partial charge < -0.3 is 18.9 Å². The number of likely N-dealkylation sites (tertiary alicyclic amines) is 1. The normalized spacial score (nSPS) is 15.5. The van der Waals surface area contributed by atoms with E-state index in [0.29, 0.717) is 43.6 Å². The van der Waals surface area contributed by atoms with E-state index in [0.717, 1.165) is 12.8 Å². The molecule has 1 amide bonds. The summed E-state index contributed by atoms with van der Waals surface area (Å²) in [6, 6.07) is 3.56. The second-order valence-electron chi connectivity index (χ2n) is 5.90. The van der Waals surface area contributed by atoms with Gasteiger partial charge in [-0.25, -0.2) is 0 Å². The molecule has 0 atom stereocenters. The Labute approximate surface area is 146 Å². The van der Waals surface area contributed by atoms with Crippen LogP contribution < -0.4 is 0 Å². The first-order chi connectivity index (χ1) is 12.3. The molecule has 0 unspecified atom stereocenters. The van der Waals surface area contributed by atoms with Crippen LogP contribution in [0.2, 0.25) is 0 Å². The minimum absolute atomic E-state index is 0.0203. The lowest BCUT2D eigenvalue weighted by atomic mass is 9.96. The molecular formula is C17H22N4O4. The number of piperidine rings is 1. The summed E-state index contributed by atoms with van der Waals surface area (Å²) in [4.78, 5) is 22.7. The third kappa shape index (κ3) is 4.61. The Morgan fingerprint density at radius 2 is 2.20 bits per heavy atom. The molecule has 1 aliphatic rings. The molecule has 8 heteroatoms. The van der Waals surface area contributed by atoms with Gasteiger partial charge in [-0.1, -0.05) is 5.16 Å². The van der Waals surface area contributed by atoms with Crippen molar-refractivity contribution in [1.29, 1.82) is 0 Å². The third-order valence-electron chi connectivity index (χ3n) is 4.20. The molecule has 0 spiro atoms. The lowest BCUT2D eigenvalue weighted by Gasteiger charge is -2.30. The number of hydrogen-bond acceptors (Lipinski definition) is 7. The Balaban J connectivity index is 1.49. The van der Waals surface area contributed by atoms with Gasteiger partial charge in [0.2, 0.25) is 0 Å². The van der Waals surface area contributed by atoms with E-state index in [4.69, 9.17) is 14.0 Å². The van der Waals surface area contributed by atoms with Gasteiger partial charge in [0.05, 0.1) is 18.8 Å². The Bertz CT molecular complexity index is 668. The highest BCUT2D eigenvalue weighted by Crippen LogP contribution is 2.26. The molecule has 2 aromatic rings. The molecule has 25 heavy (non-hydrogen) atoms. The largest absolute Gasteiger partial charge is 0.382 e. The van der Waals surface area contributed by atoms with Gasteiger partial charge >= 0.3 is 0 Å². The van der Waals surface area contributed by atoms with Crippen molar-refractivity contribution in [2.75, 3.05) is 33.4 Å². The van der Waals surface area contributed by atoms with Crippen molar-refractivity contribution >= 4 is 5.91 Å². The summed E-state index contributed by atoms with van der Waals surface area (Å²) in [7, 11) is 1.62. The first-order valence-electron chi connectivity index (χ1n) is 8.36. The standard InChI is InChI=1S/C17H22N4O4/c1-23-9-10-24-12-15-19-16(20-25-15)13-4-7-21(8-5-13)17(22)14-3-2-6-18-11-14/h2-3,6,11,13H,4-5,7-10,12H2,1H3. The van der Waals surface area contributed by atoms with E-state index in [9.17, 15) is 4.79 Å². The second kappa shape index (κ2) is 8.68. The van der Waals surface area contributed by atoms with E-state index in [-0.39, 0.29) is 18.4 Å². The second-order valence-corrected chi connectivity index (χ2v) is 5.90. The molecule has 0 aliphatic carbocycles. The third-order valence-corrected chi connectivity index (χ3v) is 4.20. The van der Waals surface area contributed by atoms with E-state index < -0.39 is 0 Å². The van der Waals surface area contributed by atoms with Crippen molar-refractivity contribution in [3.8, 4) is 0 Å². The Kier molecular flexibility index (Phi) is 6.08. The van der Waals surface area contributed by atoms with Crippen LogP contribution in [0, 0.1) is 0 Å². The number of amides is 1. The fraction of sp³-hybridized carbons (Fsp3) is 0.529. The number of methoxy groups -OCH3 is 1. The zero-order chi connectivity index (χ0) is 17.5. The lowest BCUT2D eigenvalue weighted by molar-refractivity contribution is 0.0494. The number of pyridine rings is 1. The number of hydrogen-bond donors (Lipinski definition) is 0. The van der Waals surface area contributed by atoms with E-state index in [2.05, 4.69) is 15.1 Å². The predicted octanol–water partition coefficient (Wildman–Crippen LogP) is 1.65. The van der Waals surface area contributed by atoms with Crippen LogP contribution in [0.3, 0.4) is 0 Å². The summed E-state index contributed by atoms with van der Waals surface area (Å²) in [5, 5.41) is 4.06. The maximum Gasteiger partial charge on any atom is 0.255 e. The van der Waals surface area contributed by atoms with Crippen LogP contribution in [0.4, 0.5) is 0 Å². The average molecular weight is 346 g/mol. The molecule has 1 aliphatic heterocycles. The van der Waals surface area contributed by atoms with Gasteiger partial charge in [0, 0.05) is 38.5 Å². The highest BCUT2D eigenvalue weighted by atomic mass is 16.5. The summed E-state index contributed by atoms with van der Waals surface area (Å²) < 4.78 is 15.5. The zero-order valence-electron chi connectivity index (χ0n) is 14.3. The van der Waals surface area contributed by atoms with E-state index in [1.165, 1.54) is 0 Å². The molecule has 8 nitrogen and oxygen atoms in total. The van der Waals surface area contributed by atoms with E-state index in [1.807, 2.05) is 4.90 Å². The van der Waals surface area contributed by atoms with Crippen molar-refractivity contribution < 1.29 is 18.8 Å². The Morgan fingerprint density at radius 1 is 1.36 bits per heavy atom. The Hall–Kier alpha value is -2.32. The van der Waals surface area contributed by atoms with Crippen LogP contribution in [0.15, 0.2) is 29.0 Å². The summed E-state index contributed by atoms with van der Waals surface area (Å²) in [5.41, 5.74) is 0.621. The van der Waals surface area contributed by atoms with Gasteiger partial charge in [-0.15, -0.1) is 0 Å². The monoisotopic (exact) mass is 346 g/mol. The molecular weight excluding hydrogens is 324 g/mol. The molecule has 0 radical (unpaired) electrons. The summed E-state index contributed by atoms with van der Waals surface area (Å²) in [6.45, 7) is 2.65. The first-order valence-corrected chi connectivity index (χ1v) is 8.36. The number of carbonyl (C=O) groups is 1. The number of ether oxygens (including phenoxy) is 2. The quantitative estimate of drug-likeness (QED) is 0.704. The van der Waals surface area contributed by atoms with Gasteiger partial charge in [0.25, 0.3) is 11.8 Å². The van der Waals surface area contributed by atoms with E-state index >= 15 is 0 Å². The molecule has 1 saturated heterocycles. The molecule has 0 N–H and O–H groups in total. The zero-order valence-corrected chi connectivity index (χ0v) is 14.3. The summed E-state index contributed by atoms with van der Waals surface area (Å²) in [5.74, 6) is 1.39. The molecule has 3 heterocycles. The van der Waals surface area contributed by atoms with Crippen LogP contribution in [0.5, 0.6) is 0 Å². The van der Waals surface area contributed by atoms with Crippen molar-refractivity contribution in [3.63, 3.8) is 0 Å². The smallest absolute Gasteiger partial charge is 0.255 e. The number of carbonyl (C=O) groups excluding carboxylic acids is 1. The maximum atomic E-state index is 12.4. The molecule has 3 rings (SSSR count). The van der Waals surface area contributed by atoms with Gasteiger partial charge in [-0.05, 0) is 25.0 Å². The summed E-state index contributed by atoms with van der Waals surface area (Å²) >= 11 is 0. The first kappa shape index (κ1) is 17.5. The number of rotatable bonds is 7. The highest BCUT2D eigenvalue weighted by molar-refractivity contribution is 5.93. The topological polar surface area (TPSA) is 90.6 Å². The number of nitrogens with zero attached hydrogens (tertiary/aromatic N) is 4. The molecule has 0 saturated carbocycles. The van der Waals surface area contributed by atoms with Crippen molar-refractivity contribution in [3.05, 3.63) is 41.8 Å². The number of aromatic nitrogens is 3. The van der Waals surface area contributed by atoms with Gasteiger partial charge in [-0.3, -0.25) is 9.78 Å². The molecule has 1 fully saturated rings. The van der Waals surface area contributed by atoms with Gasteiger partial charge in [-0.2, -0.15) is 4.98 Å². The predicted molar refractivity (Wildman–Crippen MR) is 87.9 cm³/mol. The molecule has 0 aromatic carbocycles. The van der Waals surface area contributed by atoms with Crippen LogP contribution in [-0.2, 0) is 16.1 Å². The highest BCUT2D eigenvalue weighted by Gasteiger charge is 2.27.